The zero-order valence-electron chi connectivity index (χ0n) is 9.79. The van der Waals surface area contributed by atoms with Crippen LogP contribution in [0.4, 0.5) is 0 Å². The fourth-order valence-electron chi connectivity index (χ4n) is 6.56. The van der Waals surface area contributed by atoms with Crippen LogP contribution in [0.5, 0.6) is 0 Å². The van der Waals surface area contributed by atoms with Crippen molar-refractivity contribution in [3.8, 4) is 0 Å². The zero-order chi connectivity index (χ0) is 11.3. The van der Waals surface area contributed by atoms with Crippen LogP contribution in [0.1, 0.15) is 19.3 Å². The third kappa shape index (κ3) is 0.874. The number of carbonyl (C=O) groups excluding carboxylic acids is 1. The second-order valence-electron chi connectivity index (χ2n) is 7.00. The van der Waals surface area contributed by atoms with E-state index in [1.807, 2.05) is 0 Å². The van der Waals surface area contributed by atoms with Gasteiger partial charge in [0.05, 0.1) is 18.6 Å². The molecule has 1 heterocycles. The van der Waals surface area contributed by atoms with Gasteiger partial charge in [-0.25, -0.2) is 0 Å². The number of ether oxygens (including phenoxy) is 1. The molecule has 0 aromatic rings. The van der Waals surface area contributed by atoms with Crippen LogP contribution in [0.3, 0.4) is 0 Å². The number of rotatable bonds is 0. The van der Waals surface area contributed by atoms with Crippen LogP contribution in [-0.2, 0) is 9.53 Å². The second kappa shape index (κ2) is 2.71. The molecule has 4 aliphatic carbocycles. The summed E-state index contributed by atoms with van der Waals surface area (Å²) >= 11 is 0. The number of carbonyl (C=O) groups is 1. The average Bonchev–Trinajstić information content (AvgIpc) is 2.99. The molecule has 5 rings (SSSR count). The van der Waals surface area contributed by atoms with Gasteiger partial charge in [-0.2, -0.15) is 0 Å². The summed E-state index contributed by atoms with van der Waals surface area (Å²) in [6.45, 7) is 0.668. The quantitative estimate of drug-likeness (QED) is 0.503. The largest absolute Gasteiger partial charge is 0.465 e. The molecule has 3 heteroatoms. The molecular weight excluding hydrogens is 216 g/mol. The Balaban J connectivity index is 1.57. The van der Waals surface area contributed by atoms with Gasteiger partial charge in [0.2, 0.25) is 0 Å². The van der Waals surface area contributed by atoms with E-state index in [-0.39, 0.29) is 18.0 Å². The minimum atomic E-state index is -0.0444. The smallest absolute Gasteiger partial charge is 0.309 e. The molecule has 0 aromatic carbocycles. The van der Waals surface area contributed by atoms with Crippen molar-refractivity contribution >= 4 is 5.97 Å². The maximum Gasteiger partial charge on any atom is 0.309 e. The molecule has 9 unspecified atom stereocenters. The van der Waals surface area contributed by atoms with Gasteiger partial charge in [0, 0.05) is 5.92 Å². The van der Waals surface area contributed by atoms with E-state index < -0.39 is 0 Å². The molecule has 0 radical (unpaired) electrons. The van der Waals surface area contributed by atoms with E-state index in [4.69, 9.17) is 4.74 Å². The Labute approximate surface area is 101 Å². The predicted molar refractivity (Wildman–Crippen MR) is 58.7 cm³/mol. The highest BCUT2D eigenvalue weighted by Crippen LogP contribution is 2.71. The molecule has 5 aliphatic rings. The van der Waals surface area contributed by atoms with Gasteiger partial charge in [0.15, 0.2) is 0 Å². The highest BCUT2D eigenvalue weighted by Gasteiger charge is 2.70. The van der Waals surface area contributed by atoms with E-state index in [1.54, 1.807) is 0 Å². The maximum atomic E-state index is 11.8. The first kappa shape index (κ1) is 9.37. The molecule has 0 amide bonds. The van der Waals surface area contributed by atoms with Crippen molar-refractivity contribution < 1.29 is 14.6 Å². The van der Waals surface area contributed by atoms with Crippen LogP contribution < -0.4 is 0 Å². The highest BCUT2D eigenvalue weighted by atomic mass is 16.5. The van der Waals surface area contributed by atoms with Crippen molar-refractivity contribution in [3.63, 3.8) is 0 Å². The molecule has 17 heavy (non-hydrogen) atoms. The van der Waals surface area contributed by atoms with Crippen molar-refractivity contribution in [2.75, 3.05) is 6.61 Å². The number of hydrogen-bond acceptors (Lipinski definition) is 3. The Hall–Kier alpha value is -0.570. The van der Waals surface area contributed by atoms with E-state index >= 15 is 0 Å². The zero-order valence-corrected chi connectivity index (χ0v) is 9.79. The fraction of sp³-hybridized carbons (Fsp3) is 0.929. The van der Waals surface area contributed by atoms with Gasteiger partial charge in [0.1, 0.15) is 0 Å². The predicted octanol–water partition coefficient (Wildman–Crippen LogP) is 1.06. The minimum absolute atomic E-state index is 0.0444. The molecule has 9 atom stereocenters. The van der Waals surface area contributed by atoms with Gasteiger partial charge < -0.3 is 9.84 Å². The topological polar surface area (TPSA) is 46.5 Å². The maximum absolute atomic E-state index is 11.8. The Bertz CT molecular complexity index is 406. The summed E-state index contributed by atoms with van der Waals surface area (Å²) in [5.74, 6) is 4.85. The van der Waals surface area contributed by atoms with Crippen LogP contribution in [-0.4, -0.2) is 23.8 Å². The van der Waals surface area contributed by atoms with E-state index in [2.05, 4.69) is 0 Å². The number of hydrogen-bond donors (Lipinski definition) is 1. The second-order valence-corrected chi connectivity index (χ2v) is 7.00. The van der Waals surface area contributed by atoms with E-state index in [1.165, 1.54) is 12.8 Å². The van der Waals surface area contributed by atoms with Gasteiger partial charge in [-0.05, 0) is 54.8 Å². The molecule has 0 aromatic heterocycles. The van der Waals surface area contributed by atoms with E-state index in [9.17, 15) is 9.90 Å². The molecule has 4 saturated carbocycles. The summed E-state index contributed by atoms with van der Waals surface area (Å²) in [7, 11) is 0. The standard InChI is InChI=1S/C14H18O3/c15-10-2-5-1-7(10)12-6-3-8(11(5)12)13-9(6)4-17-14(13)16/h5-13,15H,1-4H2. The van der Waals surface area contributed by atoms with Crippen LogP contribution in [0.2, 0.25) is 0 Å². The number of cyclic esters (lactones) is 1. The first-order chi connectivity index (χ1) is 8.25. The lowest BCUT2D eigenvalue weighted by Gasteiger charge is -2.40. The van der Waals surface area contributed by atoms with E-state index in [0.717, 1.165) is 18.3 Å². The SMILES string of the molecule is O=C1OCC2C3CC(C12)C1C2CC(O)C(C2)C31. The molecule has 1 N–H and O–H groups in total. The average molecular weight is 234 g/mol. The van der Waals surface area contributed by atoms with Crippen molar-refractivity contribution in [2.24, 2.45) is 47.3 Å². The normalized spacial score (nSPS) is 66.2. The van der Waals surface area contributed by atoms with Gasteiger partial charge in [0.25, 0.3) is 0 Å². The molecular formula is C14H18O3. The van der Waals surface area contributed by atoms with Gasteiger partial charge in [-0.3, -0.25) is 4.79 Å². The van der Waals surface area contributed by atoms with Gasteiger partial charge in [-0.1, -0.05) is 0 Å². The van der Waals surface area contributed by atoms with Crippen molar-refractivity contribution in [1.29, 1.82) is 0 Å². The fourth-order valence-corrected chi connectivity index (χ4v) is 6.56. The van der Waals surface area contributed by atoms with E-state index in [0.29, 0.717) is 36.2 Å². The molecule has 5 fully saturated rings. The van der Waals surface area contributed by atoms with Gasteiger partial charge >= 0.3 is 5.97 Å². The van der Waals surface area contributed by atoms with Crippen LogP contribution in [0.15, 0.2) is 0 Å². The number of esters is 1. The van der Waals surface area contributed by atoms with Crippen LogP contribution in [0.25, 0.3) is 0 Å². The third-order valence-corrected chi connectivity index (χ3v) is 6.79. The Morgan fingerprint density at radius 3 is 2.76 bits per heavy atom. The summed E-state index contributed by atoms with van der Waals surface area (Å²) in [6.07, 6.45) is 3.44. The molecule has 4 bridgehead atoms. The monoisotopic (exact) mass is 234 g/mol. The number of fused-ring (bicyclic) bond motifs is 12. The summed E-state index contributed by atoms with van der Waals surface area (Å²) in [4.78, 5) is 11.8. The Morgan fingerprint density at radius 1 is 1.00 bits per heavy atom. The summed E-state index contributed by atoms with van der Waals surface area (Å²) in [5, 5.41) is 10.1. The Kier molecular flexibility index (Phi) is 1.49. The lowest BCUT2D eigenvalue weighted by atomic mass is 9.63. The minimum Gasteiger partial charge on any atom is -0.465 e. The van der Waals surface area contributed by atoms with Crippen molar-refractivity contribution in [1.82, 2.24) is 0 Å². The molecule has 1 aliphatic heterocycles. The van der Waals surface area contributed by atoms with Crippen LogP contribution in [0, 0.1) is 47.3 Å². The first-order valence-electron chi connectivity index (χ1n) is 7.10. The third-order valence-electron chi connectivity index (χ3n) is 6.79. The van der Waals surface area contributed by atoms with Gasteiger partial charge in [-0.15, -0.1) is 0 Å². The van der Waals surface area contributed by atoms with Crippen molar-refractivity contribution in [3.05, 3.63) is 0 Å². The Morgan fingerprint density at radius 2 is 1.88 bits per heavy atom. The number of aliphatic hydroxyl groups is 1. The molecule has 3 nitrogen and oxygen atoms in total. The highest BCUT2D eigenvalue weighted by molar-refractivity contribution is 5.76. The molecule has 0 spiro atoms. The summed E-state index contributed by atoms with van der Waals surface area (Å²) < 4.78 is 5.28. The lowest BCUT2D eigenvalue weighted by molar-refractivity contribution is -0.143. The number of aliphatic hydroxyl groups excluding tert-OH is 1. The van der Waals surface area contributed by atoms with Crippen LogP contribution >= 0.6 is 0 Å². The summed E-state index contributed by atoms with van der Waals surface area (Å²) in [5.41, 5.74) is 0. The lowest BCUT2D eigenvalue weighted by Crippen LogP contribution is -2.42. The van der Waals surface area contributed by atoms with Crippen molar-refractivity contribution in [2.45, 2.75) is 25.4 Å². The molecule has 1 saturated heterocycles. The molecule has 92 valence electrons. The first-order valence-corrected chi connectivity index (χ1v) is 7.10. The summed E-state index contributed by atoms with van der Waals surface area (Å²) in [6, 6.07) is 0.